The van der Waals surface area contributed by atoms with E-state index in [0.717, 1.165) is 5.69 Å². The first-order chi connectivity index (χ1) is 9.24. The molecule has 1 fully saturated rings. The van der Waals surface area contributed by atoms with Gasteiger partial charge in [-0.25, -0.2) is 9.78 Å². The maximum atomic E-state index is 10.9. The van der Waals surface area contributed by atoms with Gasteiger partial charge in [-0.05, 0) is 25.0 Å². The van der Waals surface area contributed by atoms with Crippen LogP contribution in [0.4, 0.5) is 4.79 Å². The molecule has 19 heavy (non-hydrogen) atoms. The van der Waals surface area contributed by atoms with Crippen molar-refractivity contribution in [1.82, 2.24) is 9.38 Å². The Labute approximate surface area is 111 Å². The minimum absolute atomic E-state index is 0.414. The van der Waals surface area contributed by atoms with Crippen LogP contribution in [0.2, 0.25) is 0 Å². The van der Waals surface area contributed by atoms with Crippen LogP contribution in [0.1, 0.15) is 43.7 Å². The largest absolute Gasteiger partial charge is 0.410 e. The van der Waals surface area contributed by atoms with Gasteiger partial charge in [0.15, 0.2) is 11.4 Å². The highest BCUT2D eigenvalue weighted by atomic mass is 16.5. The molecular formula is C14H17N3O2. The zero-order chi connectivity index (χ0) is 13.2. The van der Waals surface area contributed by atoms with Crippen LogP contribution in [0.15, 0.2) is 24.5 Å². The van der Waals surface area contributed by atoms with E-state index < -0.39 is 6.09 Å². The predicted molar refractivity (Wildman–Crippen MR) is 71.2 cm³/mol. The highest BCUT2D eigenvalue weighted by Crippen LogP contribution is 2.33. The minimum Gasteiger partial charge on any atom is -0.406 e. The number of rotatable bonds is 2. The van der Waals surface area contributed by atoms with Crippen LogP contribution < -0.4 is 10.5 Å². The molecule has 2 N–H and O–H groups in total. The summed E-state index contributed by atoms with van der Waals surface area (Å²) in [4.78, 5) is 15.5. The van der Waals surface area contributed by atoms with Crippen molar-refractivity contribution in [3.8, 4) is 5.75 Å². The van der Waals surface area contributed by atoms with Gasteiger partial charge in [-0.2, -0.15) is 0 Å². The first-order valence-corrected chi connectivity index (χ1v) is 6.69. The SMILES string of the molecule is NC(=O)Oc1cccn2cc(C3CCCCC3)nc12. The molecule has 0 unspecified atom stereocenters. The van der Waals surface area contributed by atoms with Gasteiger partial charge in [0, 0.05) is 18.3 Å². The number of primary amides is 1. The standard InChI is InChI=1S/C14H17N3O2/c15-14(18)19-12-7-4-8-17-9-11(16-13(12)17)10-5-2-1-3-6-10/h4,7-10H,1-3,5-6H2,(H2,15,18). The molecule has 2 aromatic rings. The van der Waals surface area contributed by atoms with Gasteiger partial charge >= 0.3 is 6.09 Å². The lowest BCUT2D eigenvalue weighted by Gasteiger charge is -2.19. The summed E-state index contributed by atoms with van der Waals surface area (Å²) >= 11 is 0. The van der Waals surface area contributed by atoms with Gasteiger partial charge < -0.3 is 14.9 Å². The summed E-state index contributed by atoms with van der Waals surface area (Å²) in [5.41, 5.74) is 6.80. The molecule has 0 aromatic carbocycles. The lowest BCUT2D eigenvalue weighted by molar-refractivity contribution is 0.211. The molecule has 1 amide bonds. The molecule has 5 nitrogen and oxygen atoms in total. The molecule has 2 heterocycles. The number of ether oxygens (including phenoxy) is 1. The van der Waals surface area contributed by atoms with Crippen molar-refractivity contribution in [3.63, 3.8) is 0 Å². The summed E-state index contributed by atoms with van der Waals surface area (Å²) in [5.74, 6) is 0.937. The number of nitrogens with two attached hydrogens (primary N) is 1. The number of hydrogen-bond donors (Lipinski definition) is 1. The Morgan fingerprint density at radius 2 is 2.16 bits per heavy atom. The Morgan fingerprint density at radius 1 is 1.37 bits per heavy atom. The number of imidazole rings is 1. The van der Waals surface area contributed by atoms with Crippen LogP contribution in [0.5, 0.6) is 5.75 Å². The lowest BCUT2D eigenvalue weighted by Crippen LogP contribution is -2.16. The van der Waals surface area contributed by atoms with E-state index in [4.69, 9.17) is 10.5 Å². The molecule has 2 aromatic heterocycles. The number of nitrogens with zero attached hydrogens (tertiary/aromatic N) is 2. The number of fused-ring (bicyclic) bond motifs is 1. The Bertz CT molecular complexity index is 600. The molecule has 3 rings (SSSR count). The maximum Gasteiger partial charge on any atom is 0.410 e. The molecule has 5 heteroatoms. The Kier molecular flexibility index (Phi) is 3.11. The second kappa shape index (κ2) is 4.91. The molecule has 0 spiro atoms. The van der Waals surface area contributed by atoms with E-state index in [-0.39, 0.29) is 0 Å². The van der Waals surface area contributed by atoms with E-state index in [1.54, 1.807) is 6.07 Å². The zero-order valence-corrected chi connectivity index (χ0v) is 10.7. The fraction of sp³-hybridized carbons (Fsp3) is 0.429. The van der Waals surface area contributed by atoms with Crippen molar-refractivity contribution in [2.24, 2.45) is 5.73 Å². The molecular weight excluding hydrogens is 242 g/mol. The fourth-order valence-corrected chi connectivity index (χ4v) is 2.79. The first-order valence-electron chi connectivity index (χ1n) is 6.69. The number of pyridine rings is 1. The maximum absolute atomic E-state index is 10.9. The third kappa shape index (κ3) is 2.41. The van der Waals surface area contributed by atoms with Crippen molar-refractivity contribution >= 4 is 11.7 Å². The number of carbonyl (C=O) groups excluding carboxylic acids is 1. The molecule has 0 bridgehead atoms. The van der Waals surface area contributed by atoms with Gasteiger partial charge in [-0.3, -0.25) is 0 Å². The van der Waals surface area contributed by atoms with Gasteiger partial charge in [-0.15, -0.1) is 0 Å². The van der Waals surface area contributed by atoms with E-state index in [2.05, 4.69) is 4.98 Å². The van der Waals surface area contributed by atoms with Gasteiger partial charge in [0.25, 0.3) is 0 Å². The summed E-state index contributed by atoms with van der Waals surface area (Å²) in [6, 6.07) is 3.52. The second-order valence-corrected chi connectivity index (χ2v) is 5.03. The third-order valence-electron chi connectivity index (χ3n) is 3.70. The monoisotopic (exact) mass is 259 g/mol. The molecule has 0 aliphatic heterocycles. The third-order valence-corrected chi connectivity index (χ3v) is 3.70. The predicted octanol–water partition coefficient (Wildman–Crippen LogP) is 2.84. The van der Waals surface area contributed by atoms with Crippen molar-refractivity contribution in [3.05, 3.63) is 30.2 Å². The average Bonchev–Trinajstić information content (AvgIpc) is 2.84. The van der Waals surface area contributed by atoms with Gasteiger partial charge in [-0.1, -0.05) is 19.3 Å². The summed E-state index contributed by atoms with van der Waals surface area (Å²) in [6.45, 7) is 0. The molecule has 1 aliphatic rings. The lowest BCUT2D eigenvalue weighted by atomic mass is 9.87. The number of amides is 1. The van der Waals surface area contributed by atoms with Crippen LogP contribution in [-0.4, -0.2) is 15.5 Å². The zero-order valence-electron chi connectivity index (χ0n) is 10.7. The Hall–Kier alpha value is -2.04. The molecule has 0 saturated heterocycles. The smallest absolute Gasteiger partial charge is 0.406 e. The molecule has 0 radical (unpaired) electrons. The highest BCUT2D eigenvalue weighted by Gasteiger charge is 2.19. The summed E-state index contributed by atoms with van der Waals surface area (Å²) in [6.07, 6.45) is 9.36. The fourth-order valence-electron chi connectivity index (χ4n) is 2.79. The number of hydrogen-bond acceptors (Lipinski definition) is 3. The van der Waals surface area contributed by atoms with Crippen molar-refractivity contribution in [1.29, 1.82) is 0 Å². The van der Waals surface area contributed by atoms with Gasteiger partial charge in [0.05, 0.1) is 5.69 Å². The molecule has 100 valence electrons. The van der Waals surface area contributed by atoms with E-state index in [9.17, 15) is 4.79 Å². The van der Waals surface area contributed by atoms with Crippen LogP contribution >= 0.6 is 0 Å². The van der Waals surface area contributed by atoms with Crippen molar-refractivity contribution in [2.45, 2.75) is 38.0 Å². The topological polar surface area (TPSA) is 69.6 Å². The van der Waals surface area contributed by atoms with Crippen LogP contribution in [0.3, 0.4) is 0 Å². The Balaban J connectivity index is 1.97. The van der Waals surface area contributed by atoms with E-state index in [1.807, 2.05) is 22.9 Å². The van der Waals surface area contributed by atoms with Crippen LogP contribution in [0, 0.1) is 0 Å². The molecule has 1 saturated carbocycles. The summed E-state index contributed by atoms with van der Waals surface area (Å²) < 4.78 is 6.87. The Morgan fingerprint density at radius 3 is 2.89 bits per heavy atom. The quantitative estimate of drug-likeness (QED) is 0.901. The summed E-state index contributed by atoms with van der Waals surface area (Å²) in [7, 11) is 0. The first kappa shape index (κ1) is 12.0. The van der Waals surface area contributed by atoms with E-state index >= 15 is 0 Å². The van der Waals surface area contributed by atoms with Crippen molar-refractivity contribution < 1.29 is 9.53 Å². The van der Waals surface area contributed by atoms with E-state index in [0.29, 0.717) is 17.3 Å². The molecule has 1 aliphatic carbocycles. The number of carbonyl (C=O) groups is 1. The normalized spacial score (nSPS) is 16.6. The van der Waals surface area contributed by atoms with Crippen LogP contribution in [-0.2, 0) is 0 Å². The van der Waals surface area contributed by atoms with E-state index in [1.165, 1.54) is 32.1 Å². The number of aromatic nitrogens is 2. The average molecular weight is 259 g/mol. The summed E-state index contributed by atoms with van der Waals surface area (Å²) in [5, 5.41) is 0. The van der Waals surface area contributed by atoms with Gasteiger partial charge in [0.2, 0.25) is 0 Å². The molecule has 0 atom stereocenters. The minimum atomic E-state index is -0.810. The van der Waals surface area contributed by atoms with Crippen molar-refractivity contribution in [2.75, 3.05) is 0 Å². The van der Waals surface area contributed by atoms with Gasteiger partial charge in [0.1, 0.15) is 0 Å². The second-order valence-electron chi connectivity index (χ2n) is 5.03. The highest BCUT2D eigenvalue weighted by molar-refractivity contribution is 5.71. The van der Waals surface area contributed by atoms with Crippen LogP contribution in [0.25, 0.3) is 5.65 Å².